The summed E-state index contributed by atoms with van der Waals surface area (Å²) in [5.74, 6) is 0.942. The first kappa shape index (κ1) is 18.2. The van der Waals surface area contributed by atoms with Crippen LogP contribution in [-0.4, -0.2) is 36.8 Å². The van der Waals surface area contributed by atoms with Crippen LogP contribution >= 0.6 is 11.6 Å². The van der Waals surface area contributed by atoms with Crippen LogP contribution in [0, 0.1) is 0 Å². The smallest absolute Gasteiger partial charge is 0.129 e. The van der Waals surface area contributed by atoms with Crippen LogP contribution in [-0.2, 0) is 11.3 Å². The van der Waals surface area contributed by atoms with Crippen LogP contribution < -0.4 is 10.2 Å². The highest BCUT2D eigenvalue weighted by atomic mass is 35.5. The van der Waals surface area contributed by atoms with Gasteiger partial charge in [-0.2, -0.15) is 0 Å². The lowest BCUT2D eigenvalue weighted by Crippen LogP contribution is -2.36. The standard InChI is InChI=1S/C16H28ClN3O/c1-12(2)20(9-10-21-6)15-8-7-13(17)14(19-15)11-18-16(3,4)5/h7-8,12,18H,9-11H2,1-6H3. The summed E-state index contributed by atoms with van der Waals surface area (Å²) in [7, 11) is 1.71. The SMILES string of the molecule is COCCN(c1ccc(Cl)c(CNC(C)(C)C)n1)C(C)C. The third kappa shape index (κ3) is 6.20. The van der Waals surface area contributed by atoms with E-state index in [2.05, 4.69) is 44.8 Å². The summed E-state index contributed by atoms with van der Waals surface area (Å²) < 4.78 is 5.18. The van der Waals surface area contributed by atoms with Gasteiger partial charge in [-0.3, -0.25) is 0 Å². The molecule has 120 valence electrons. The molecule has 0 atom stereocenters. The highest BCUT2D eigenvalue weighted by Crippen LogP contribution is 2.21. The maximum atomic E-state index is 6.27. The maximum absolute atomic E-state index is 6.27. The minimum Gasteiger partial charge on any atom is -0.383 e. The summed E-state index contributed by atoms with van der Waals surface area (Å²) in [4.78, 5) is 6.95. The van der Waals surface area contributed by atoms with Crippen LogP contribution in [0.5, 0.6) is 0 Å². The van der Waals surface area contributed by atoms with Crippen LogP contribution in [0.25, 0.3) is 0 Å². The van der Waals surface area contributed by atoms with Crippen LogP contribution in [0.2, 0.25) is 5.02 Å². The van der Waals surface area contributed by atoms with Gasteiger partial charge in [0.15, 0.2) is 0 Å². The Bertz CT molecular complexity index is 444. The number of nitrogens with one attached hydrogen (secondary N) is 1. The predicted octanol–water partition coefficient (Wildman–Crippen LogP) is 3.48. The lowest BCUT2D eigenvalue weighted by atomic mass is 10.1. The summed E-state index contributed by atoms with van der Waals surface area (Å²) in [5.41, 5.74) is 0.918. The maximum Gasteiger partial charge on any atom is 0.129 e. The number of rotatable bonds is 7. The molecule has 0 aromatic carbocycles. The fraction of sp³-hybridized carbons (Fsp3) is 0.688. The van der Waals surface area contributed by atoms with Crippen molar-refractivity contribution in [2.45, 2.75) is 52.7 Å². The van der Waals surface area contributed by atoms with Crippen LogP contribution in [0.4, 0.5) is 5.82 Å². The van der Waals surface area contributed by atoms with Gasteiger partial charge >= 0.3 is 0 Å². The lowest BCUT2D eigenvalue weighted by molar-refractivity contribution is 0.203. The van der Waals surface area contributed by atoms with Gasteiger partial charge in [0.2, 0.25) is 0 Å². The first-order valence-electron chi connectivity index (χ1n) is 7.40. The van der Waals surface area contributed by atoms with Crippen molar-refractivity contribution in [3.63, 3.8) is 0 Å². The van der Waals surface area contributed by atoms with E-state index in [4.69, 9.17) is 21.3 Å². The number of ether oxygens (including phenoxy) is 1. The summed E-state index contributed by atoms with van der Waals surface area (Å²) >= 11 is 6.27. The van der Waals surface area contributed by atoms with Gasteiger partial charge in [-0.05, 0) is 46.8 Å². The second-order valence-corrected chi connectivity index (χ2v) is 6.89. The van der Waals surface area contributed by atoms with Gasteiger partial charge in [-0.15, -0.1) is 0 Å². The van der Waals surface area contributed by atoms with Crippen molar-refractivity contribution >= 4 is 17.4 Å². The highest BCUT2D eigenvalue weighted by Gasteiger charge is 2.15. The van der Waals surface area contributed by atoms with Crippen molar-refractivity contribution in [1.82, 2.24) is 10.3 Å². The zero-order valence-electron chi connectivity index (χ0n) is 14.0. The van der Waals surface area contributed by atoms with E-state index < -0.39 is 0 Å². The monoisotopic (exact) mass is 313 g/mol. The first-order chi connectivity index (χ1) is 9.74. The normalized spacial score (nSPS) is 12.0. The van der Waals surface area contributed by atoms with E-state index in [0.717, 1.165) is 18.1 Å². The van der Waals surface area contributed by atoms with E-state index in [0.29, 0.717) is 24.2 Å². The zero-order chi connectivity index (χ0) is 16.0. The Morgan fingerprint density at radius 1 is 1.33 bits per heavy atom. The third-order valence-electron chi connectivity index (χ3n) is 3.14. The fourth-order valence-corrected chi connectivity index (χ4v) is 2.10. The lowest BCUT2D eigenvalue weighted by Gasteiger charge is -2.28. The van der Waals surface area contributed by atoms with Crippen molar-refractivity contribution < 1.29 is 4.74 Å². The molecule has 0 amide bonds. The van der Waals surface area contributed by atoms with Crippen molar-refractivity contribution in [3.8, 4) is 0 Å². The molecule has 0 aliphatic rings. The van der Waals surface area contributed by atoms with Crippen LogP contribution in [0.1, 0.15) is 40.3 Å². The second-order valence-electron chi connectivity index (χ2n) is 6.48. The van der Waals surface area contributed by atoms with E-state index in [1.807, 2.05) is 12.1 Å². The van der Waals surface area contributed by atoms with Gasteiger partial charge in [0.05, 0.1) is 17.3 Å². The number of hydrogen-bond acceptors (Lipinski definition) is 4. The molecular weight excluding hydrogens is 286 g/mol. The zero-order valence-corrected chi connectivity index (χ0v) is 14.8. The second kappa shape index (κ2) is 7.97. The van der Waals surface area contributed by atoms with Crippen molar-refractivity contribution in [1.29, 1.82) is 0 Å². The largest absolute Gasteiger partial charge is 0.383 e. The van der Waals surface area contributed by atoms with Crippen molar-refractivity contribution in [3.05, 3.63) is 22.8 Å². The Morgan fingerprint density at radius 3 is 2.52 bits per heavy atom. The minimum absolute atomic E-state index is 0.0365. The number of nitrogens with zero attached hydrogens (tertiary/aromatic N) is 2. The Morgan fingerprint density at radius 2 is 2.00 bits per heavy atom. The number of aromatic nitrogens is 1. The molecule has 0 bridgehead atoms. The number of hydrogen-bond donors (Lipinski definition) is 1. The molecular formula is C16H28ClN3O. The molecule has 0 fully saturated rings. The number of halogens is 1. The van der Waals surface area contributed by atoms with Gasteiger partial charge in [-0.25, -0.2) is 4.98 Å². The molecule has 0 radical (unpaired) electrons. The molecule has 21 heavy (non-hydrogen) atoms. The molecule has 0 spiro atoms. The van der Waals surface area contributed by atoms with Gasteiger partial charge in [0.1, 0.15) is 5.82 Å². The first-order valence-corrected chi connectivity index (χ1v) is 7.78. The van der Waals surface area contributed by atoms with Gasteiger partial charge in [0.25, 0.3) is 0 Å². The molecule has 0 saturated carbocycles. The Labute approximate surface area is 133 Å². The van der Waals surface area contributed by atoms with E-state index in [1.54, 1.807) is 7.11 Å². The summed E-state index contributed by atoms with van der Waals surface area (Å²) in [5, 5.41) is 4.13. The molecule has 0 unspecified atom stereocenters. The summed E-state index contributed by atoms with van der Waals surface area (Å²) in [6.45, 7) is 12.8. The average Bonchev–Trinajstić information content (AvgIpc) is 2.38. The number of methoxy groups -OCH3 is 1. The van der Waals surface area contributed by atoms with Crippen LogP contribution in [0.15, 0.2) is 12.1 Å². The van der Waals surface area contributed by atoms with Gasteiger partial charge in [0, 0.05) is 31.8 Å². The molecule has 4 nitrogen and oxygen atoms in total. The molecule has 1 heterocycles. The van der Waals surface area contributed by atoms with Crippen LogP contribution in [0.3, 0.4) is 0 Å². The Balaban J connectivity index is 2.92. The van der Waals surface area contributed by atoms with E-state index in [1.165, 1.54) is 0 Å². The molecule has 0 aliphatic heterocycles. The fourth-order valence-electron chi connectivity index (χ4n) is 1.93. The topological polar surface area (TPSA) is 37.4 Å². The van der Waals surface area contributed by atoms with Crippen molar-refractivity contribution in [2.75, 3.05) is 25.2 Å². The number of anilines is 1. The minimum atomic E-state index is 0.0365. The van der Waals surface area contributed by atoms with E-state index in [9.17, 15) is 0 Å². The average molecular weight is 314 g/mol. The predicted molar refractivity (Wildman–Crippen MR) is 90.2 cm³/mol. The summed E-state index contributed by atoms with van der Waals surface area (Å²) in [6.07, 6.45) is 0. The van der Waals surface area contributed by atoms with E-state index in [-0.39, 0.29) is 5.54 Å². The highest BCUT2D eigenvalue weighted by molar-refractivity contribution is 6.31. The quantitative estimate of drug-likeness (QED) is 0.836. The van der Waals surface area contributed by atoms with Crippen molar-refractivity contribution in [2.24, 2.45) is 0 Å². The number of pyridine rings is 1. The molecule has 5 heteroatoms. The molecule has 0 saturated heterocycles. The molecule has 1 aromatic rings. The Kier molecular flexibility index (Phi) is 6.91. The Hall–Kier alpha value is -0.840. The van der Waals surface area contributed by atoms with Gasteiger partial charge in [-0.1, -0.05) is 11.6 Å². The summed E-state index contributed by atoms with van der Waals surface area (Å²) in [6, 6.07) is 4.25. The van der Waals surface area contributed by atoms with E-state index >= 15 is 0 Å². The third-order valence-corrected chi connectivity index (χ3v) is 3.49. The molecule has 1 N–H and O–H groups in total. The molecule has 1 rings (SSSR count). The van der Waals surface area contributed by atoms with Gasteiger partial charge < -0.3 is 15.0 Å². The molecule has 1 aromatic heterocycles. The molecule has 0 aliphatic carbocycles.